The molecule has 19 heavy (non-hydrogen) atoms. The van der Waals surface area contributed by atoms with Crippen LogP contribution in [0.4, 0.5) is 0 Å². The molecule has 2 heterocycles. The zero-order chi connectivity index (χ0) is 13.4. The molecule has 5 nitrogen and oxygen atoms in total. The summed E-state index contributed by atoms with van der Waals surface area (Å²) in [4.78, 5) is 18.8. The SMILES string of the molecule is Cc1cc2cc(-c3cncc(C(=O)O)n3)ccc2o1. The van der Waals surface area contributed by atoms with Crippen LogP contribution in [0.1, 0.15) is 16.2 Å². The third-order valence-corrected chi connectivity index (χ3v) is 2.79. The average molecular weight is 254 g/mol. The Kier molecular flexibility index (Phi) is 2.52. The Morgan fingerprint density at radius 3 is 2.89 bits per heavy atom. The van der Waals surface area contributed by atoms with Crippen molar-refractivity contribution in [3.63, 3.8) is 0 Å². The number of fused-ring (bicyclic) bond motifs is 1. The number of aromatic carboxylic acids is 1. The van der Waals surface area contributed by atoms with Gasteiger partial charge in [0.2, 0.25) is 0 Å². The van der Waals surface area contributed by atoms with E-state index in [9.17, 15) is 4.79 Å². The molecule has 0 saturated carbocycles. The van der Waals surface area contributed by atoms with E-state index in [-0.39, 0.29) is 5.69 Å². The van der Waals surface area contributed by atoms with Gasteiger partial charge in [0.15, 0.2) is 5.69 Å². The summed E-state index contributed by atoms with van der Waals surface area (Å²) >= 11 is 0. The Bertz CT molecular complexity index is 777. The van der Waals surface area contributed by atoms with Crippen LogP contribution in [0.25, 0.3) is 22.2 Å². The van der Waals surface area contributed by atoms with Crippen molar-refractivity contribution in [1.29, 1.82) is 0 Å². The summed E-state index contributed by atoms with van der Waals surface area (Å²) in [6.45, 7) is 1.88. The van der Waals surface area contributed by atoms with Crippen molar-refractivity contribution in [2.45, 2.75) is 6.92 Å². The fourth-order valence-electron chi connectivity index (χ4n) is 1.94. The Morgan fingerprint density at radius 1 is 1.26 bits per heavy atom. The number of hydrogen-bond acceptors (Lipinski definition) is 4. The van der Waals surface area contributed by atoms with Crippen molar-refractivity contribution in [1.82, 2.24) is 9.97 Å². The van der Waals surface area contributed by atoms with Crippen molar-refractivity contribution in [2.24, 2.45) is 0 Å². The van der Waals surface area contributed by atoms with Gasteiger partial charge < -0.3 is 9.52 Å². The molecule has 3 aromatic rings. The highest BCUT2D eigenvalue weighted by molar-refractivity contribution is 5.86. The molecule has 0 bridgehead atoms. The summed E-state index contributed by atoms with van der Waals surface area (Å²) in [6.07, 6.45) is 2.77. The van der Waals surface area contributed by atoms with Crippen molar-refractivity contribution >= 4 is 16.9 Å². The topological polar surface area (TPSA) is 76.2 Å². The van der Waals surface area contributed by atoms with E-state index in [1.54, 1.807) is 6.20 Å². The van der Waals surface area contributed by atoms with Gasteiger partial charge in [-0.15, -0.1) is 0 Å². The minimum absolute atomic E-state index is 0.0685. The van der Waals surface area contributed by atoms with Gasteiger partial charge >= 0.3 is 5.97 Å². The van der Waals surface area contributed by atoms with E-state index in [0.29, 0.717) is 5.69 Å². The Hall–Kier alpha value is -2.69. The smallest absolute Gasteiger partial charge is 0.356 e. The van der Waals surface area contributed by atoms with Crippen LogP contribution in [0.15, 0.2) is 41.1 Å². The summed E-state index contributed by atoms with van der Waals surface area (Å²) in [5.41, 5.74) is 2.06. The lowest BCUT2D eigenvalue weighted by Gasteiger charge is -2.01. The highest BCUT2D eigenvalue weighted by atomic mass is 16.4. The summed E-state index contributed by atoms with van der Waals surface area (Å²) in [5.74, 6) is -0.257. The number of aromatic nitrogens is 2. The Balaban J connectivity index is 2.12. The van der Waals surface area contributed by atoms with Crippen LogP contribution < -0.4 is 0 Å². The van der Waals surface area contributed by atoms with Gasteiger partial charge in [0.05, 0.1) is 18.1 Å². The van der Waals surface area contributed by atoms with Crippen molar-refractivity contribution in [2.75, 3.05) is 0 Å². The Labute approximate surface area is 108 Å². The second kappa shape index (κ2) is 4.20. The Morgan fingerprint density at radius 2 is 2.11 bits per heavy atom. The quantitative estimate of drug-likeness (QED) is 0.760. The highest BCUT2D eigenvalue weighted by Gasteiger charge is 2.09. The number of rotatable bonds is 2. The van der Waals surface area contributed by atoms with Gasteiger partial charge in [-0.2, -0.15) is 0 Å². The van der Waals surface area contributed by atoms with Crippen LogP contribution in [-0.2, 0) is 0 Å². The van der Waals surface area contributed by atoms with Gasteiger partial charge in [-0.3, -0.25) is 4.98 Å². The van der Waals surface area contributed by atoms with Crippen molar-refractivity contribution in [3.05, 3.63) is 48.1 Å². The van der Waals surface area contributed by atoms with Crippen molar-refractivity contribution in [3.8, 4) is 11.3 Å². The van der Waals surface area contributed by atoms with E-state index in [1.165, 1.54) is 6.20 Å². The second-order valence-corrected chi connectivity index (χ2v) is 4.20. The van der Waals surface area contributed by atoms with Gasteiger partial charge in [0.25, 0.3) is 0 Å². The molecule has 0 aliphatic carbocycles. The molecule has 0 radical (unpaired) electrons. The standard InChI is InChI=1S/C14H10N2O3/c1-8-4-10-5-9(2-3-13(10)19-8)11-6-15-7-12(16-11)14(17)18/h2-7H,1H3,(H,17,18). The monoisotopic (exact) mass is 254 g/mol. The van der Waals surface area contributed by atoms with E-state index in [4.69, 9.17) is 9.52 Å². The number of benzene rings is 1. The predicted octanol–water partition coefficient (Wildman–Crippen LogP) is 2.90. The molecule has 0 unspecified atom stereocenters. The second-order valence-electron chi connectivity index (χ2n) is 4.20. The number of furan rings is 1. The molecule has 5 heteroatoms. The lowest BCUT2D eigenvalue weighted by molar-refractivity contribution is 0.0690. The van der Waals surface area contributed by atoms with E-state index < -0.39 is 5.97 Å². The van der Waals surface area contributed by atoms with Gasteiger partial charge in [-0.1, -0.05) is 0 Å². The highest BCUT2D eigenvalue weighted by Crippen LogP contribution is 2.25. The van der Waals surface area contributed by atoms with Crippen LogP contribution in [0.5, 0.6) is 0 Å². The minimum atomic E-state index is -1.09. The number of carboxylic acid groups (broad SMARTS) is 1. The number of aryl methyl sites for hydroxylation is 1. The van der Waals surface area contributed by atoms with E-state index in [0.717, 1.165) is 22.3 Å². The maximum Gasteiger partial charge on any atom is 0.356 e. The first-order valence-corrected chi connectivity index (χ1v) is 5.69. The molecule has 0 saturated heterocycles. The minimum Gasteiger partial charge on any atom is -0.476 e. The van der Waals surface area contributed by atoms with Crippen LogP contribution in [0, 0.1) is 6.92 Å². The predicted molar refractivity (Wildman–Crippen MR) is 68.9 cm³/mol. The molecule has 1 N–H and O–H groups in total. The molecule has 0 aliphatic rings. The molecule has 0 spiro atoms. The van der Waals surface area contributed by atoms with Crippen LogP contribution in [0.3, 0.4) is 0 Å². The largest absolute Gasteiger partial charge is 0.476 e. The van der Waals surface area contributed by atoms with Crippen LogP contribution >= 0.6 is 0 Å². The summed E-state index contributed by atoms with van der Waals surface area (Å²) in [7, 11) is 0. The first kappa shape index (κ1) is 11.4. The van der Waals surface area contributed by atoms with E-state index in [2.05, 4.69) is 9.97 Å². The average Bonchev–Trinajstić information content (AvgIpc) is 2.77. The number of carbonyl (C=O) groups is 1. The zero-order valence-electron chi connectivity index (χ0n) is 10.1. The molecule has 3 rings (SSSR count). The molecular weight excluding hydrogens is 244 g/mol. The molecule has 0 amide bonds. The van der Waals surface area contributed by atoms with E-state index >= 15 is 0 Å². The summed E-state index contributed by atoms with van der Waals surface area (Å²) < 4.78 is 5.49. The molecule has 0 atom stereocenters. The van der Waals surface area contributed by atoms with E-state index in [1.807, 2.05) is 31.2 Å². The summed E-state index contributed by atoms with van der Waals surface area (Å²) in [6, 6.07) is 7.50. The van der Waals surface area contributed by atoms with Gasteiger partial charge in [-0.05, 0) is 31.2 Å². The third-order valence-electron chi connectivity index (χ3n) is 2.79. The normalized spacial score (nSPS) is 10.8. The lowest BCUT2D eigenvalue weighted by Crippen LogP contribution is -2.01. The fraction of sp³-hybridized carbons (Fsp3) is 0.0714. The molecule has 0 aliphatic heterocycles. The number of nitrogens with zero attached hydrogens (tertiary/aromatic N) is 2. The molecular formula is C14H10N2O3. The van der Waals surface area contributed by atoms with Gasteiger partial charge in [0.1, 0.15) is 11.3 Å². The van der Waals surface area contributed by atoms with Crippen molar-refractivity contribution < 1.29 is 14.3 Å². The van der Waals surface area contributed by atoms with Crippen LogP contribution in [-0.4, -0.2) is 21.0 Å². The molecule has 2 aromatic heterocycles. The van der Waals surface area contributed by atoms with Crippen LogP contribution in [0.2, 0.25) is 0 Å². The van der Waals surface area contributed by atoms with Gasteiger partial charge in [0, 0.05) is 10.9 Å². The van der Waals surface area contributed by atoms with Gasteiger partial charge in [-0.25, -0.2) is 9.78 Å². The number of hydrogen-bond donors (Lipinski definition) is 1. The molecule has 94 valence electrons. The number of carboxylic acids is 1. The lowest BCUT2D eigenvalue weighted by atomic mass is 10.1. The first-order chi connectivity index (χ1) is 9.13. The maximum absolute atomic E-state index is 10.9. The zero-order valence-corrected chi connectivity index (χ0v) is 10.1. The fourth-order valence-corrected chi connectivity index (χ4v) is 1.94. The molecule has 1 aromatic carbocycles. The summed E-state index contributed by atoms with van der Waals surface area (Å²) in [5, 5.41) is 9.87. The maximum atomic E-state index is 10.9. The third kappa shape index (κ3) is 2.06. The first-order valence-electron chi connectivity index (χ1n) is 5.69. The molecule has 0 fully saturated rings.